The number of hydrogen-bond acceptors (Lipinski definition) is 5. The first-order valence-electron chi connectivity index (χ1n) is 5.67. The number of nitro benzene ring substituents is 1. The van der Waals surface area contributed by atoms with Crippen LogP contribution in [0.3, 0.4) is 0 Å². The predicted octanol–water partition coefficient (Wildman–Crippen LogP) is 3.63. The molecule has 1 rings (SSSR count). The van der Waals surface area contributed by atoms with Crippen molar-refractivity contribution in [1.29, 1.82) is 0 Å². The van der Waals surface area contributed by atoms with Crippen LogP contribution in [0.5, 0.6) is 11.5 Å². The first kappa shape index (κ1) is 16.1. The average molecular weight is 350 g/mol. The van der Waals surface area contributed by atoms with E-state index in [0.717, 1.165) is 12.2 Å². The average Bonchev–Trinajstić information content (AvgIpc) is 2.42. The van der Waals surface area contributed by atoms with Gasteiger partial charge in [-0.25, -0.2) is 0 Å². The molecule has 1 aromatic rings. The van der Waals surface area contributed by atoms with Crippen LogP contribution in [0, 0.1) is 10.1 Å². The van der Waals surface area contributed by atoms with E-state index in [-0.39, 0.29) is 5.69 Å². The van der Waals surface area contributed by atoms with E-state index < -0.39 is 4.92 Å². The fourth-order valence-electron chi connectivity index (χ4n) is 1.53. The topological polar surface area (TPSA) is 61.6 Å². The minimum absolute atomic E-state index is 0.0394. The van der Waals surface area contributed by atoms with Crippen molar-refractivity contribution in [2.45, 2.75) is 11.8 Å². The van der Waals surface area contributed by atoms with E-state index >= 15 is 0 Å². The maximum atomic E-state index is 11.0. The molecule has 7 heteroatoms. The van der Waals surface area contributed by atoms with Crippen molar-refractivity contribution in [3.8, 4) is 11.5 Å². The van der Waals surface area contributed by atoms with Crippen LogP contribution in [0.15, 0.2) is 12.1 Å². The number of ether oxygens (including phenoxy) is 2. The van der Waals surface area contributed by atoms with Crippen molar-refractivity contribution >= 4 is 33.4 Å². The summed E-state index contributed by atoms with van der Waals surface area (Å²) in [6, 6.07) is 3.06. The molecule has 5 nitrogen and oxygen atoms in total. The van der Waals surface area contributed by atoms with Gasteiger partial charge >= 0.3 is 0 Å². The number of benzene rings is 1. The Labute approximate surface area is 124 Å². The van der Waals surface area contributed by atoms with Crippen LogP contribution in [0.4, 0.5) is 5.69 Å². The molecule has 0 N–H and O–H groups in total. The zero-order chi connectivity index (χ0) is 14.3. The summed E-state index contributed by atoms with van der Waals surface area (Å²) in [6.07, 6.45) is 2.91. The number of halogens is 1. The quantitative estimate of drug-likeness (QED) is 0.310. The molecule has 0 saturated heterocycles. The third kappa shape index (κ3) is 4.58. The van der Waals surface area contributed by atoms with E-state index in [9.17, 15) is 10.1 Å². The Kier molecular flexibility index (Phi) is 7.01. The second kappa shape index (κ2) is 8.27. The van der Waals surface area contributed by atoms with Gasteiger partial charge in [-0.05, 0) is 24.5 Å². The maximum Gasteiger partial charge on any atom is 0.277 e. The number of nitro groups is 1. The number of alkyl halides is 1. The molecule has 0 aliphatic carbocycles. The summed E-state index contributed by atoms with van der Waals surface area (Å²) in [4.78, 5) is 10.6. The van der Waals surface area contributed by atoms with Crippen molar-refractivity contribution in [1.82, 2.24) is 0 Å². The molecule has 0 radical (unpaired) electrons. The fraction of sp³-hybridized carbons (Fsp3) is 0.500. The minimum Gasteiger partial charge on any atom is -0.493 e. The first-order valence-corrected chi connectivity index (χ1v) is 8.18. The molecule has 0 bridgehead atoms. The molecule has 0 atom stereocenters. The van der Waals surface area contributed by atoms with Crippen LogP contribution in [-0.4, -0.2) is 30.6 Å². The largest absolute Gasteiger partial charge is 0.493 e. The van der Waals surface area contributed by atoms with E-state index in [1.807, 2.05) is 6.26 Å². The molecule has 1 aromatic carbocycles. The van der Waals surface area contributed by atoms with E-state index in [2.05, 4.69) is 15.9 Å². The van der Waals surface area contributed by atoms with Gasteiger partial charge in [0.15, 0.2) is 11.5 Å². The highest BCUT2D eigenvalue weighted by Gasteiger charge is 2.18. The molecule has 0 unspecified atom stereocenters. The Morgan fingerprint density at radius 3 is 2.68 bits per heavy atom. The first-order chi connectivity index (χ1) is 9.13. The second-order valence-corrected chi connectivity index (χ2v) is 5.26. The number of methoxy groups -OCH3 is 1. The maximum absolute atomic E-state index is 11.0. The molecule has 0 heterocycles. The minimum atomic E-state index is -0.412. The monoisotopic (exact) mass is 349 g/mol. The molecule has 19 heavy (non-hydrogen) atoms. The molecule has 0 saturated carbocycles. The molecule has 0 amide bonds. The van der Waals surface area contributed by atoms with Gasteiger partial charge in [0, 0.05) is 10.9 Å². The van der Waals surface area contributed by atoms with Gasteiger partial charge in [0.1, 0.15) is 0 Å². The predicted molar refractivity (Wildman–Crippen MR) is 80.8 cm³/mol. The van der Waals surface area contributed by atoms with Gasteiger partial charge in [0.05, 0.1) is 24.7 Å². The molecule has 0 aromatic heterocycles. The van der Waals surface area contributed by atoms with Gasteiger partial charge in [0.25, 0.3) is 5.69 Å². The summed E-state index contributed by atoms with van der Waals surface area (Å²) < 4.78 is 10.8. The van der Waals surface area contributed by atoms with Crippen molar-refractivity contribution in [2.75, 3.05) is 25.7 Å². The van der Waals surface area contributed by atoms with Gasteiger partial charge in [0.2, 0.25) is 0 Å². The van der Waals surface area contributed by atoms with Crippen LogP contribution in [0.2, 0.25) is 0 Å². The van der Waals surface area contributed by atoms with Crippen LogP contribution >= 0.6 is 27.7 Å². The lowest BCUT2D eigenvalue weighted by molar-refractivity contribution is -0.385. The van der Waals surface area contributed by atoms with E-state index in [4.69, 9.17) is 9.47 Å². The molecule has 0 aliphatic rings. The Hall–Kier alpha value is -0.950. The molecular weight excluding hydrogens is 334 g/mol. The Balaban J connectivity index is 2.94. The van der Waals surface area contributed by atoms with E-state index in [1.54, 1.807) is 17.8 Å². The lowest BCUT2D eigenvalue weighted by Gasteiger charge is -2.12. The highest BCUT2D eigenvalue weighted by atomic mass is 79.9. The number of nitrogens with zero attached hydrogens (tertiary/aromatic N) is 1. The van der Waals surface area contributed by atoms with Crippen molar-refractivity contribution in [2.24, 2.45) is 0 Å². The van der Waals surface area contributed by atoms with Crippen LogP contribution < -0.4 is 9.47 Å². The third-order valence-corrected chi connectivity index (χ3v) is 3.76. The zero-order valence-corrected chi connectivity index (χ0v) is 13.3. The molecule has 0 spiro atoms. The molecule has 106 valence electrons. The van der Waals surface area contributed by atoms with Gasteiger partial charge < -0.3 is 9.47 Å². The van der Waals surface area contributed by atoms with Gasteiger partial charge in [-0.15, -0.1) is 0 Å². The summed E-state index contributed by atoms with van der Waals surface area (Å²) in [5.74, 6) is 1.92. The standard InChI is InChI=1S/C12H16BrNO4S/c1-17-11-6-9(8-13)10(14(15)16)7-12(11)18-4-3-5-19-2/h6-7H,3-5,8H2,1-2H3. The van der Waals surface area contributed by atoms with Crippen molar-refractivity contribution in [3.05, 3.63) is 27.8 Å². The van der Waals surface area contributed by atoms with Crippen LogP contribution in [0.1, 0.15) is 12.0 Å². The highest BCUT2D eigenvalue weighted by Crippen LogP contribution is 2.35. The smallest absolute Gasteiger partial charge is 0.277 e. The highest BCUT2D eigenvalue weighted by molar-refractivity contribution is 9.08. The van der Waals surface area contributed by atoms with Crippen LogP contribution in [0.25, 0.3) is 0 Å². The number of thioether (sulfide) groups is 1. The summed E-state index contributed by atoms with van der Waals surface area (Å²) in [6.45, 7) is 0.516. The normalized spacial score (nSPS) is 10.3. The summed E-state index contributed by atoms with van der Waals surface area (Å²) in [5.41, 5.74) is 0.607. The van der Waals surface area contributed by atoms with Crippen molar-refractivity contribution < 1.29 is 14.4 Å². The summed E-state index contributed by atoms with van der Waals surface area (Å²) >= 11 is 4.97. The molecular formula is C12H16BrNO4S. The molecule has 0 fully saturated rings. The van der Waals surface area contributed by atoms with E-state index in [1.165, 1.54) is 13.2 Å². The van der Waals surface area contributed by atoms with Crippen LogP contribution in [-0.2, 0) is 5.33 Å². The zero-order valence-electron chi connectivity index (χ0n) is 10.8. The van der Waals surface area contributed by atoms with Gasteiger partial charge in [-0.3, -0.25) is 10.1 Å². The summed E-state index contributed by atoms with van der Waals surface area (Å²) in [7, 11) is 1.52. The fourth-order valence-corrected chi connectivity index (χ4v) is 2.38. The Morgan fingerprint density at radius 1 is 1.42 bits per heavy atom. The molecule has 0 aliphatic heterocycles. The third-order valence-electron chi connectivity index (χ3n) is 2.46. The van der Waals surface area contributed by atoms with E-state index in [0.29, 0.717) is 29.0 Å². The number of rotatable bonds is 8. The Bertz CT molecular complexity index is 442. The van der Waals surface area contributed by atoms with Crippen molar-refractivity contribution in [3.63, 3.8) is 0 Å². The lowest BCUT2D eigenvalue weighted by Crippen LogP contribution is -2.03. The number of hydrogen-bond donors (Lipinski definition) is 0. The van der Waals surface area contributed by atoms with Gasteiger partial charge in [-0.1, -0.05) is 15.9 Å². The van der Waals surface area contributed by atoms with Gasteiger partial charge in [-0.2, -0.15) is 11.8 Å². The second-order valence-electron chi connectivity index (χ2n) is 3.72. The summed E-state index contributed by atoms with van der Waals surface area (Å²) in [5, 5.41) is 11.4. The SMILES string of the molecule is COc1cc(CBr)c([N+](=O)[O-])cc1OCCCSC. The lowest BCUT2D eigenvalue weighted by atomic mass is 10.2. The Morgan fingerprint density at radius 2 is 2.16 bits per heavy atom.